The summed E-state index contributed by atoms with van der Waals surface area (Å²) in [5.74, 6) is 0. The number of urea groups is 1. The molecule has 0 atom stereocenters. The molecule has 0 bridgehead atoms. The van der Waals surface area contributed by atoms with Crippen LogP contribution in [0.2, 0.25) is 5.02 Å². The Morgan fingerprint density at radius 2 is 2.06 bits per heavy atom. The minimum atomic E-state index is -0.392. The number of primary amides is 1. The summed E-state index contributed by atoms with van der Waals surface area (Å²) in [7, 11) is 0. The SMILES string of the molecule is Cc1ccc(N(C(N)=O)C2CCCC2)cc1Cl. The average Bonchev–Trinajstić information content (AvgIpc) is 2.76. The molecule has 0 saturated heterocycles. The smallest absolute Gasteiger partial charge is 0.319 e. The number of hydrogen-bond donors (Lipinski definition) is 1. The summed E-state index contributed by atoms with van der Waals surface area (Å²) in [6.45, 7) is 1.94. The van der Waals surface area contributed by atoms with Crippen LogP contribution in [0.3, 0.4) is 0 Å². The zero-order valence-electron chi connectivity index (χ0n) is 9.95. The van der Waals surface area contributed by atoms with Crippen molar-refractivity contribution < 1.29 is 4.79 Å². The monoisotopic (exact) mass is 252 g/mol. The van der Waals surface area contributed by atoms with Crippen LogP contribution in [0.1, 0.15) is 31.2 Å². The fourth-order valence-electron chi connectivity index (χ4n) is 2.41. The van der Waals surface area contributed by atoms with Gasteiger partial charge in [0.15, 0.2) is 0 Å². The molecule has 0 spiro atoms. The lowest BCUT2D eigenvalue weighted by Crippen LogP contribution is -2.42. The Morgan fingerprint density at radius 3 is 2.59 bits per heavy atom. The minimum Gasteiger partial charge on any atom is -0.351 e. The Bertz CT molecular complexity index is 427. The van der Waals surface area contributed by atoms with Gasteiger partial charge in [0.2, 0.25) is 0 Å². The molecule has 4 heteroatoms. The van der Waals surface area contributed by atoms with E-state index in [0.717, 1.165) is 36.9 Å². The molecule has 3 nitrogen and oxygen atoms in total. The zero-order chi connectivity index (χ0) is 12.4. The van der Waals surface area contributed by atoms with Crippen molar-refractivity contribution in [2.45, 2.75) is 38.6 Å². The molecule has 1 aromatic rings. The molecule has 0 unspecified atom stereocenters. The van der Waals surface area contributed by atoms with Gasteiger partial charge >= 0.3 is 6.03 Å². The Morgan fingerprint density at radius 1 is 1.41 bits per heavy atom. The van der Waals surface area contributed by atoms with Crippen LogP contribution in [0.5, 0.6) is 0 Å². The Hall–Kier alpha value is -1.22. The minimum absolute atomic E-state index is 0.228. The molecule has 1 aliphatic rings. The maximum atomic E-state index is 11.6. The fourth-order valence-corrected chi connectivity index (χ4v) is 2.59. The highest BCUT2D eigenvalue weighted by Crippen LogP contribution is 2.30. The summed E-state index contributed by atoms with van der Waals surface area (Å²) < 4.78 is 0. The highest BCUT2D eigenvalue weighted by molar-refractivity contribution is 6.31. The van der Waals surface area contributed by atoms with E-state index < -0.39 is 6.03 Å². The first-order valence-corrected chi connectivity index (χ1v) is 6.32. The number of carbonyl (C=O) groups is 1. The van der Waals surface area contributed by atoms with Crippen LogP contribution < -0.4 is 10.6 Å². The van der Waals surface area contributed by atoms with Gasteiger partial charge in [0.05, 0.1) is 0 Å². The maximum absolute atomic E-state index is 11.6. The van der Waals surface area contributed by atoms with Crippen LogP contribution >= 0.6 is 11.6 Å². The molecular weight excluding hydrogens is 236 g/mol. The molecule has 2 rings (SSSR count). The molecule has 1 aromatic carbocycles. The molecule has 1 fully saturated rings. The molecule has 0 aromatic heterocycles. The number of amides is 2. The lowest BCUT2D eigenvalue weighted by atomic mass is 10.1. The van der Waals surface area contributed by atoms with Crippen molar-refractivity contribution in [3.05, 3.63) is 28.8 Å². The Labute approximate surface area is 107 Å². The third kappa shape index (κ3) is 2.55. The summed E-state index contributed by atoms with van der Waals surface area (Å²) in [6, 6.07) is 5.48. The molecule has 17 heavy (non-hydrogen) atoms. The highest BCUT2D eigenvalue weighted by atomic mass is 35.5. The van der Waals surface area contributed by atoms with Crippen LogP contribution in [0.25, 0.3) is 0 Å². The van der Waals surface area contributed by atoms with E-state index >= 15 is 0 Å². The number of rotatable bonds is 2. The van der Waals surface area contributed by atoms with E-state index in [1.54, 1.807) is 4.90 Å². The molecule has 92 valence electrons. The average molecular weight is 253 g/mol. The lowest BCUT2D eigenvalue weighted by molar-refractivity contribution is 0.251. The van der Waals surface area contributed by atoms with Crippen molar-refractivity contribution in [3.8, 4) is 0 Å². The molecule has 1 aliphatic carbocycles. The third-order valence-corrected chi connectivity index (χ3v) is 3.77. The molecule has 2 N–H and O–H groups in total. The molecular formula is C13H17ClN2O. The van der Waals surface area contributed by atoms with Gasteiger partial charge in [0.1, 0.15) is 0 Å². The maximum Gasteiger partial charge on any atom is 0.319 e. The van der Waals surface area contributed by atoms with Gasteiger partial charge in [-0.3, -0.25) is 4.90 Å². The van der Waals surface area contributed by atoms with Gasteiger partial charge in [0.25, 0.3) is 0 Å². The molecule has 0 heterocycles. The van der Waals surface area contributed by atoms with E-state index in [-0.39, 0.29) is 6.04 Å². The van der Waals surface area contributed by atoms with Gasteiger partial charge in [-0.25, -0.2) is 4.79 Å². The van der Waals surface area contributed by atoms with Gasteiger partial charge in [-0.15, -0.1) is 0 Å². The predicted octanol–water partition coefficient (Wildman–Crippen LogP) is 3.48. The van der Waals surface area contributed by atoms with Crippen molar-refractivity contribution in [2.24, 2.45) is 5.73 Å². The normalized spacial score (nSPS) is 16.1. The zero-order valence-corrected chi connectivity index (χ0v) is 10.7. The number of carbonyl (C=O) groups excluding carboxylic acids is 1. The summed E-state index contributed by atoms with van der Waals surface area (Å²) in [5.41, 5.74) is 7.29. The van der Waals surface area contributed by atoms with Crippen molar-refractivity contribution in [3.63, 3.8) is 0 Å². The van der Waals surface area contributed by atoms with Crippen molar-refractivity contribution >= 4 is 23.3 Å². The van der Waals surface area contributed by atoms with Crippen LogP contribution in [-0.2, 0) is 0 Å². The number of nitrogens with zero attached hydrogens (tertiary/aromatic N) is 1. The van der Waals surface area contributed by atoms with Crippen LogP contribution in [0.15, 0.2) is 18.2 Å². The molecule has 0 aliphatic heterocycles. The van der Waals surface area contributed by atoms with E-state index in [1.807, 2.05) is 25.1 Å². The van der Waals surface area contributed by atoms with Gasteiger partial charge < -0.3 is 5.73 Å². The Kier molecular flexibility index (Phi) is 3.57. The number of nitrogens with two attached hydrogens (primary N) is 1. The van der Waals surface area contributed by atoms with Gasteiger partial charge in [-0.2, -0.15) is 0 Å². The number of benzene rings is 1. The van der Waals surface area contributed by atoms with Crippen LogP contribution in [0.4, 0.5) is 10.5 Å². The summed E-state index contributed by atoms with van der Waals surface area (Å²) in [6.07, 6.45) is 4.37. The number of hydrogen-bond acceptors (Lipinski definition) is 1. The molecule has 0 radical (unpaired) electrons. The summed E-state index contributed by atoms with van der Waals surface area (Å²) in [5, 5.41) is 0.673. The fraction of sp³-hybridized carbons (Fsp3) is 0.462. The molecule has 1 saturated carbocycles. The first kappa shape index (κ1) is 12.2. The first-order chi connectivity index (χ1) is 8.09. The van der Waals surface area contributed by atoms with Crippen molar-refractivity contribution in [2.75, 3.05) is 4.90 Å². The van der Waals surface area contributed by atoms with E-state index in [9.17, 15) is 4.79 Å². The van der Waals surface area contributed by atoms with Crippen molar-refractivity contribution in [1.82, 2.24) is 0 Å². The van der Waals surface area contributed by atoms with E-state index in [2.05, 4.69) is 0 Å². The van der Waals surface area contributed by atoms with Crippen LogP contribution in [0, 0.1) is 6.92 Å². The van der Waals surface area contributed by atoms with Gasteiger partial charge in [-0.1, -0.05) is 30.5 Å². The van der Waals surface area contributed by atoms with E-state index in [4.69, 9.17) is 17.3 Å². The van der Waals surface area contributed by atoms with Gasteiger partial charge in [-0.05, 0) is 37.5 Å². The second-order valence-corrected chi connectivity index (χ2v) is 4.99. The van der Waals surface area contributed by atoms with E-state index in [0.29, 0.717) is 5.02 Å². The lowest BCUT2D eigenvalue weighted by Gasteiger charge is -2.27. The topological polar surface area (TPSA) is 46.3 Å². The number of anilines is 1. The standard InChI is InChI=1S/C13H17ClN2O/c1-9-6-7-11(8-12(9)14)16(13(15)17)10-4-2-3-5-10/h6-8,10H,2-5H2,1H3,(H2,15,17). The second kappa shape index (κ2) is 4.96. The summed E-state index contributed by atoms with van der Waals surface area (Å²) >= 11 is 6.09. The Balaban J connectivity index is 2.31. The van der Waals surface area contributed by atoms with Gasteiger partial charge in [0, 0.05) is 16.8 Å². The number of halogens is 1. The largest absolute Gasteiger partial charge is 0.351 e. The van der Waals surface area contributed by atoms with Crippen molar-refractivity contribution in [1.29, 1.82) is 0 Å². The van der Waals surface area contributed by atoms with Crippen LogP contribution in [-0.4, -0.2) is 12.1 Å². The predicted molar refractivity (Wildman–Crippen MR) is 70.5 cm³/mol. The second-order valence-electron chi connectivity index (χ2n) is 4.58. The quantitative estimate of drug-likeness (QED) is 0.861. The van der Waals surface area contributed by atoms with E-state index in [1.165, 1.54) is 0 Å². The number of aryl methyl sites for hydroxylation is 1. The molecule has 2 amide bonds. The first-order valence-electron chi connectivity index (χ1n) is 5.94. The highest BCUT2D eigenvalue weighted by Gasteiger charge is 2.26. The summed E-state index contributed by atoms with van der Waals surface area (Å²) in [4.78, 5) is 13.3. The third-order valence-electron chi connectivity index (χ3n) is 3.36.